The van der Waals surface area contributed by atoms with Crippen molar-refractivity contribution in [1.82, 2.24) is 4.57 Å². The topological polar surface area (TPSA) is 60.7 Å². The van der Waals surface area contributed by atoms with Gasteiger partial charge in [0, 0.05) is 42.1 Å². The van der Waals surface area contributed by atoms with Gasteiger partial charge in [-0.05, 0) is 60.4 Å². The summed E-state index contributed by atoms with van der Waals surface area (Å²) in [7, 11) is 0. The second kappa shape index (κ2) is 11.1. The average molecular weight is 558 g/mol. The standard InChI is InChI=1S/C33H26F3NO4/c34-25-12-10-23(18-27(25)36)37-28-7-4-8-29(41-19-20-5-2-1-3-6-20)31(28)30(32(37)21-13-15-40-16-14-21)22-9-11-24(33(38)39)26(35)17-22/h1-12,17-18,21H,13-16,19H2,(H,38,39). The van der Waals surface area contributed by atoms with Crippen molar-refractivity contribution in [2.45, 2.75) is 25.4 Å². The van der Waals surface area contributed by atoms with E-state index in [0.29, 0.717) is 59.5 Å². The number of rotatable bonds is 7. The molecule has 8 heteroatoms. The first kappa shape index (κ1) is 26.7. The third-order valence-corrected chi connectivity index (χ3v) is 7.49. The van der Waals surface area contributed by atoms with Crippen molar-refractivity contribution in [2.24, 2.45) is 0 Å². The summed E-state index contributed by atoms with van der Waals surface area (Å²) in [5.74, 6) is -3.73. The van der Waals surface area contributed by atoms with Gasteiger partial charge in [-0.1, -0.05) is 42.5 Å². The van der Waals surface area contributed by atoms with Crippen LogP contribution in [0.5, 0.6) is 5.75 Å². The number of fused-ring (bicyclic) bond motifs is 1. The number of carbonyl (C=O) groups is 1. The van der Waals surface area contributed by atoms with Gasteiger partial charge in [0.1, 0.15) is 18.2 Å². The molecule has 5 aromatic rings. The predicted molar refractivity (Wildman–Crippen MR) is 149 cm³/mol. The Labute approximate surface area is 234 Å². The summed E-state index contributed by atoms with van der Waals surface area (Å²) in [5, 5.41) is 10.1. The third kappa shape index (κ3) is 5.07. The highest BCUT2D eigenvalue weighted by molar-refractivity contribution is 6.04. The highest BCUT2D eigenvalue weighted by Crippen LogP contribution is 2.47. The molecule has 0 radical (unpaired) electrons. The van der Waals surface area contributed by atoms with Crippen molar-refractivity contribution in [3.63, 3.8) is 0 Å². The summed E-state index contributed by atoms with van der Waals surface area (Å²) in [4.78, 5) is 11.6. The molecule has 1 saturated heterocycles. The molecule has 2 heterocycles. The van der Waals surface area contributed by atoms with E-state index in [1.165, 1.54) is 18.2 Å². The molecule has 0 atom stereocenters. The SMILES string of the molecule is O=C(O)c1ccc(-c2c(C3CCOCC3)n(-c3ccc(F)c(F)c3)c3cccc(OCc4ccccc4)c23)cc1F. The van der Waals surface area contributed by atoms with Gasteiger partial charge in [0.05, 0.1) is 16.5 Å². The molecule has 0 amide bonds. The number of carboxylic acids is 1. The summed E-state index contributed by atoms with van der Waals surface area (Å²) in [5.41, 5.74) is 3.46. The molecule has 0 saturated carbocycles. The van der Waals surface area contributed by atoms with E-state index in [0.717, 1.165) is 23.4 Å². The highest BCUT2D eigenvalue weighted by atomic mass is 19.2. The Bertz CT molecular complexity index is 1740. The molecule has 5 nitrogen and oxygen atoms in total. The van der Waals surface area contributed by atoms with Crippen LogP contribution in [0, 0.1) is 17.5 Å². The van der Waals surface area contributed by atoms with Gasteiger partial charge in [-0.2, -0.15) is 0 Å². The van der Waals surface area contributed by atoms with Gasteiger partial charge in [-0.3, -0.25) is 0 Å². The van der Waals surface area contributed by atoms with Gasteiger partial charge in [-0.25, -0.2) is 18.0 Å². The molecule has 1 aromatic heterocycles. The molecule has 0 aliphatic carbocycles. The maximum atomic E-state index is 15.1. The molecule has 1 aliphatic rings. The lowest BCUT2D eigenvalue weighted by Crippen LogP contribution is -2.17. The van der Waals surface area contributed by atoms with E-state index in [2.05, 4.69) is 0 Å². The van der Waals surface area contributed by atoms with Crippen molar-refractivity contribution >= 4 is 16.9 Å². The Morgan fingerprint density at radius 3 is 2.37 bits per heavy atom. The van der Waals surface area contributed by atoms with Gasteiger partial charge in [0.2, 0.25) is 0 Å². The Hall–Kier alpha value is -4.56. The minimum atomic E-state index is -1.37. The number of ether oxygens (including phenoxy) is 2. The van der Waals surface area contributed by atoms with E-state index >= 15 is 4.39 Å². The van der Waals surface area contributed by atoms with Crippen LogP contribution < -0.4 is 4.74 Å². The summed E-state index contributed by atoms with van der Waals surface area (Å²) < 4.78 is 57.6. The lowest BCUT2D eigenvalue weighted by molar-refractivity contribution is 0.0692. The molecular formula is C33H26F3NO4. The Balaban J connectivity index is 1.66. The number of benzene rings is 4. The van der Waals surface area contributed by atoms with Gasteiger partial charge in [0.15, 0.2) is 11.6 Å². The molecule has 1 N–H and O–H groups in total. The predicted octanol–water partition coefficient (Wildman–Crippen LogP) is 7.89. The molecule has 1 aliphatic heterocycles. The van der Waals surface area contributed by atoms with Crippen LogP contribution in [-0.4, -0.2) is 28.9 Å². The number of aromatic carboxylic acids is 1. The zero-order valence-electron chi connectivity index (χ0n) is 21.9. The molecule has 0 spiro atoms. The van der Waals surface area contributed by atoms with Crippen LogP contribution in [-0.2, 0) is 11.3 Å². The zero-order valence-corrected chi connectivity index (χ0v) is 21.9. The Morgan fingerprint density at radius 1 is 0.878 bits per heavy atom. The van der Waals surface area contributed by atoms with Crippen molar-refractivity contribution in [2.75, 3.05) is 13.2 Å². The van der Waals surface area contributed by atoms with Crippen LogP contribution >= 0.6 is 0 Å². The third-order valence-electron chi connectivity index (χ3n) is 7.49. The van der Waals surface area contributed by atoms with E-state index in [-0.39, 0.29) is 12.5 Å². The second-order valence-corrected chi connectivity index (χ2v) is 10.0. The maximum absolute atomic E-state index is 15.1. The minimum absolute atomic E-state index is 0.0663. The van der Waals surface area contributed by atoms with Gasteiger partial charge in [-0.15, -0.1) is 0 Å². The molecule has 0 unspecified atom stereocenters. The van der Waals surface area contributed by atoms with Gasteiger partial charge < -0.3 is 19.1 Å². The molecular weight excluding hydrogens is 531 g/mol. The smallest absolute Gasteiger partial charge is 0.338 e. The number of hydrogen-bond acceptors (Lipinski definition) is 3. The van der Waals surface area contributed by atoms with Crippen molar-refractivity contribution in [1.29, 1.82) is 0 Å². The number of hydrogen-bond donors (Lipinski definition) is 1. The Morgan fingerprint density at radius 2 is 1.66 bits per heavy atom. The van der Waals surface area contributed by atoms with E-state index in [1.807, 2.05) is 53.1 Å². The lowest BCUT2D eigenvalue weighted by atomic mass is 9.89. The zero-order chi connectivity index (χ0) is 28.5. The molecule has 208 valence electrons. The average Bonchev–Trinajstić information content (AvgIpc) is 3.34. The van der Waals surface area contributed by atoms with E-state index < -0.39 is 29.0 Å². The van der Waals surface area contributed by atoms with Crippen LogP contribution in [0.15, 0.2) is 84.9 Å². The first-order valence-corrected chi connectivity index (χ1v) is 13.3. The highest BCUT2D eigenvalue weighted by Gasteiger charge is 2.30. The van der Waals surface area contributed by atoms with Crippen LogP contribution in [0.2, 0.25) is 0 Å². The number of aromatic nitrogens is 1. The van der Waals surface area contributed by atoms with Crippen LogP contribution in [0.4, 0.5) is 13.2 Å². The Kier molecular flexibility index (Phi) is 7.24. The summed E-state index contributed by atoms with van der Waals surface area (Å²) in [6.07, 6.45) is 1.31. The van der Waals surface area contributed by atoms with Crippen LogP contribution in [0.25, 0.3) is 27.7 Å². The molecule has 4 aromatic carbocycles. The van der Waals surface area contributed by atoms with Crippen LogP contribution in [0.1, 0.15) is 40.4 Å². The van der Waals surface area contributed by atoms with E-state index in [1.54, 1.807) is 6.07 Å². The monoisotopic (exact) mass is 557 g/mol. The minimum Gasteiger partial charge on any atom is -0.488 e. The fourth-order valence-corrected chi connectivity index (χ4v) is 5.58. The number of carboxylic acid groups (broad SMARTS) is 1. The first-order chi connectivity index (χ1) is 19.9. The second-order valence-electron chi connectivity index (χ2n) is 10.0. The van der Waals surface area contributed by atoms with Crippen molar-refractivity contribution in [3.05, 3.63) is 119 Å². The fourth-order valence-electron chi connectivity index (χ4n) is 5.58. The summed E-state index contributed by atoms with van der Waals surface area (Å²) in [6, 6.07) is 22.9. The molecule has 0 bridgehead atoms. The maximum Gasteiger partial charge on any atom is 0.338 e. The van der Waals surface area contributed by atoms with Crippen molar-refractivity contribution in [3.8, 4) is 22.6 Å². The fraction of sp³-hybridized carbons (Fsp3) is 0.182. The quantitative estimate of drug-likeness (QED) is 0.221. The number of halogens is 3. The lowest BCUT2D eigenvalue weighted by Gasteiger charge is -2.26. The van der Waals surface area contributed by atoms with Gasteiger partial charge >= 0.3 is 5.97 Å². The molecule has 6 rings (SSSR count). The molecule has 41 heavy (non-hydrogen) atoms. The number of nitrogens with zero attached hydrogens (tertiary/aromatic N) is 1. The largest absolute Gasteiger partial charge is 0.488 e. The van der Waals surface area contributed by atoms with Gasteiger partial charge in [0.25, 0.3) is 0 Å². The normalized spacial score (nSPS) is 13.9. The summed E-state index contributed by atoms with van der Waals surface area (Å²) >= 11 is 0. The van der Waals surface area contributed by atoms with Crippen molar-refractivity contribution < 1.29 is 32.5 Å². The summed E-state index contributed by atoms with van der Waals surface area (Å²) in [6.45, 7) is 1.29. The van der Waals surface area contributed by atoms with E-state index in [4.69, 9.17) is 9.47 Å². The van der Waals surface area contributed by atoms with E-state index in [9.17, 15) is 18.7 Å². The molecule has 1 fully saturated rings. The van der Waals surface area contributed by atoms with Crippen LogP contribution in [0.3, 0.4) is 0 Å². The first-order valence-electron chi connectivity index (χ1n) is 13.3.